The Morgan fingerprint density at radius 2 is 0.632 bits per heavy atom. The average Bonchev–Trinajstić information content (AvgIpc) is 2.31. The van der Waals surface area contributed by atoms with E-state index in [1.54, 1.807) is 0 Å². The van der Waals surface area contributed by atoms with Crippen LogP contribution in [0.3, 0.4) is 0 Å². The Balaban J connectivity index is -0.0000000594. The second-order valence-electron chi connectivity index (χ2n) is 3.41. The third kappa shape index (κ3) is 45.1. The summed E-state index contributed by atoms with van der Waals surface area (Å²) in [7, 11) is 0. The molecule has 0 spiro atoms. The van der Waals surface area contributed by atoms with E-state index in [1.165, 1.54) is 0 Å². The van der Waals surface area contributed by atoms with Gasteiger partial charge in [0.05, 0.1) is 0 Å². The molecule has 19 heavy (non-hydrogen) atoms. The smallest absolute Gasteiger partial charge is 1.00 e. The molecule has 0 rings (SSSR count). The van der Waals surface area contributed by atoms with E-state index in [2.05, 4.69) is 49.0 Å². The average molecular weight is 545 g/mol. The van der Waals surface area contributed by atoms with Gasteiger partial charge in [-0.2, -0.15) is 0 Å². The van der Waals surface area contributed by atoms with Gasteiger partial charge in [0.15, 0.2) is 0 Å². The number of nitrogens with one attached hydrogen (secondary N) is 4. The van der Waals surface area contributed by atoms with Crippen LogP contribution in [0.4, 0.5) is 0 Å². The Hall–Kier alpha value is 1.79. The van der Waals surface area contributed by atoms with E-state index in [-0.39, 0.29) is 64.4 Å². The van der Waals surface area contributed by atoms with E-state index in [1.807, 2.05) is 0 Å². The van der Waals surface area contributed by atoms with Crippen LogP contribution >= 0.6 is 0 Å². The van der Waals surface area contributed by atoms with Crippen LogP contribution < -0.4 is 69.2 Å². The van der Waals surface area contributed by atoms with Crippen molar-refractivity contribution < 1.29 is 64.4 Å². The predicted octanol–water partition coefficient (Wildman–Crippen LogP) is -5.58. The summed E-state index contributed by atoms with van der Waals surface area (Å²) in [6.45, 7) is 17.1. The van der Waals surface area contributed by atoms with E-state index in [0.29, 0.717) is 0 Å². The molecule has 0 amide bonds. The van der Waals surface area contributed by atoms with Crippen LogP contribution in [-0.4, -0.2) is 52.4 Å². The van der Waals surface area contributed by atoms with Crippen molar-refractivity contribution in [2.75, 3.05) is 52.4 Å². The van der Waals surface area contributed by atoms with Crippen molar-refractivity contribution in [2.24, 2.45) is 0 Å². The summed E-state index contributed by atoms with van der Waals surface area (Å²) in [5.74, 6) is 0. The molecule has 4 N–H and O–H groups in total. The summed E-state index contributed by atoms with van der Waals surface area (Å²) in [6.07, 6.45) is 0. The van der Waals surface area contributed by atoms with Gasteiger partial charge in [0.2, 0.25) is 0 Å². The molecule has 124 valence electrons. The molecule has 0 fully saturated rings. The minimum atomic E-state index is 0. The zero-order valence-corrected chi connectivity index (χ0v) is 18.0. The fourth-order valence-electron chi connectivity index (χ4n) is 1.06. The zero-order valence-electron chi connectivity index (χ0n) is 12.7. The fraction of sp³-hybridized carbons (Fsp3) is 1.00. The Morgan fingerprint density at radius 1 is 0.474 bits per heavy atom. The Morgan fingerprint density at radius 3 is 0.737 bits per heavy atom. The second kappa shape index (κ2) is 36.7. The molecular weight excluding hydrogens is 513 g/mol. The maximum Gasteiger partial charge on any atom is 2.00 e. The molecule has 0 unspecified atom stereocenters. The minimum absolute atomic E-state index is 0. The quantitative estimate of drug-likeness (QED) is 0.126. The van der Waals surface area contributed by atoms with Crippen LogP contribution in [-0.2, 0) is 16.5 Å². The van der Waals surface area contributed by atoms with E-state index < -0.39 is 0 Å². The van der Waals surface area contributed by atoms with Gasteiger partial charge in [0, 0.05) is 26.2 Å². The van der Waals surface area contributed by atoms with Gasteiger partial charge in [-0.05, 0) is 26.2 Å². The van der Waals surface area contributed by atoms with Crippen molar-refractivity contribution in [3.05, 3.63) is 0 Å². The molecule has 0 radical (unpaired) electrons. The molecule has 0 heterocycles. The van der Waals surface area contributed by atoms with E-state index >= 15 is 0 Å². The molecule has 0 aromatic heterocycles. The van der Waals surface area contributed by atoms with Crippen molar-refractivity contribution in [1.82, 2.24) is 21.3 Å². The third-order valence-corrected chi connectivity index (χ3v) is 1.96. The monoisotopic (exact) mass is 544 g/mol. The molecular formula is C12H32I2N4Ni. The van der Waals surface area contributed by atoms with E-state index in [0.717, 1.165) is 52.4 Å². The predicted molar refractivity (Wildman–Crippen MR) is 74.2 cm³/mol. The first-order valence-electron chi connectivity index (χ1n) is 6.66. The summed E-state index contributed by atoms with van der Waals surface area (Å²) < 4.78 is 0. The van der Waals surface area contributed by atoms with Gasteiger partial charge in [0.1, 0.15) is 0 Å². The van der Waals surface area contributed by atoms with Crippen LogP contribution in [0, 0.1) is 0 Å². The molecule has 0 aliphatic carbocycles. The molecule has 0 aromatic carbocycles. The van der Waals surface area contributed by atoms with E-state index in [4.69, 9.17) is 0 Å². The van der Waals surface area contributed by atoms with Crippen LogP contribution in [0.15, 0.2) is 0 Å². The van der Waals surface area contributed by atoms with E-state index in [9.17, 15) is 0 Å². The second-order valence-corrected chi connectivity index (χ2v) is 3.41. The van der Waals surface area contributed by atoms with Gasteiger partial charge in [-0.15, -0.1) is 0 Å². The standard InChI is InChI=1S/2C6H16N2.2HI.Ni/c2*1-3-7-5-6-8-4-2;;;/h2*7-8H,3-6H2,1-2H3;2*1H;/q;;;;+2/p-2. The molecule has 4 nitrogen and oxygen atoms in total. The summed E-state index contributed by atoms with van der Waals surface area (Å²) in [6, 6.07) is 0. The molecule has 0 saturated heterocycles. The largest absolute Gasteiger partial charge is 2.00 e. The van der Waals surface area contributed by atoms with Gasteiger partial charge >= 0.3 is 16.5 Å². The van der Waals surface area contributed by atoms with Crippen molar-refractivity contribution in [1.29, 1.82) is 0 Å². The van der Waals surface area contributed by atoms with Gasteiger partial charge in [-0.3, -0.25) is 0 Å². The Labute approximate surface area is 164 Å². The summed E-state index contributed by atoms with van der Waals surface area (Å²) in [5, 5.41) is 12.9. The van der Waals surface area contributed by atoms with Gasteiger partial charge in [0.25, 0.3) is 0 Å². The fourth-order valence-corrected chi connectivity index (χ4v) is 1.06. The van der Waals surface area contributed by atoms with Crippen molar-refractivity contribution in [3.8, 4) is 0 Å². The van der Waals surface area contributed by atoms with Gasteiger partial charge in [-0.1, -0.05) is 27.7 Å². The summed E-state index contributed by atoms with van der Waals surface area (Å²) in [5.41, 5.74) is 0. The molecule has 0 atom stereocenters. The van der Waals surface area contributed by atoms with Gasteiger partial charge in [-0.25, -0.2) is 0 Å². The van der Waals surface area contributed by atoms with Crippen LogP contribution in [0.5, 0.6) is 0 Å². The number of hydrogen-bond acceptors (Lipinski definition) is 4. The first kappa shape index (κ1) is 32.7. The van der Waals surface area contributed by atoms with Gasteiger partial charge < -0.3 is 69.2 Å². The topological polar surface area (TPSA) is 48.1 Å². The first-order valence-corrected chi connectivity index (χ1v) is 6.66. The first-order chi connectivity index (χ1) is 7.83. The maximum absolute atomic E-state index is 3.22. The van der Waals surface area contributed by atoms with Crippen molar-refractivity contribution >= 4 is 0 Å². The number of likely N-dealkylation sites (N-methyl/N-ethyl adjacent to an activating group) is 4. The number of rotatable bonds is 10. The number of hydrogen-bond donors (Lipinski definition) is 4. The third-order valence-electron chi connectivity index (χ3n) is 1.96. The Kier molecular flexibility index (Phi) is 63.2. The van der Waals surface area contributed by atoms with Crippen LogP contribution in [0.25, 0.3) is 0 Å². The normalized spacial score (nSPS) is 8.21. The maximum atomic E-state index is 3.22. The zero-order chi connectivity index (χ0) is 12.5. The number of halogens is 2. The summed E-state index contributed by atoms with van der Waals surface area (Å²) in [4.78, 5) is 0. The molecule has 7 heteroatoms. The molecule has 0 aliphatic rings. The van der Waals surface area contributed by atoms with Crippen LogP contribution in [0.2, 0.25) is 0 Å². The molecule has 0 bridgehead atoms. The van der Waals surface area contributed by atoms with Crippen LogP contribution in [0.1, 0.15) is 27.7 Å². The SMILES string of the molecule is CCNCCNCC.CCNCCNCC.[I-].[I-].[Ni+2]. The molecule has 0 aliphatic heterocycles. The Bertz CT molecular complexity index is 89.7. The van der Waals surface area contributed by atoms with Crippen molar-refractivity contribution in [3.63, 3.8) is 0 Å². The summed E-state index contributed by atoms with van der Waals surface area (Å²) >= 11 is 0. The minimum Gasteiger partial charge on any atom is -1.00 e. The molecule has 0 aromatic rings. The van der Waals surface area contributed by atoms with Crippen molar-refractivity contribution in [2.45, 2.75) is 27.7 Å². The molecule has 0 saturated carbocycles.